The van der Waals surface area contributed by atoms with Crippen molar-refractivity contribution in [2.75, 3.05) is 5.73 Å². The van der Waals surface area contributed by atoms with Crippen LogP contribution >= 0.6 is 0 Å². The van der Waals surface area contributed by atoms with Crippen LogP contribution in [0.5, 0.6) is 5.75 Å². The van der Waals surface area contributed by atoms with Gasteiger partial charge in [0.05, 0.1) is 5.69 Å². The summed E-state index contributed by atoms with van der Waals surface area (Å²) in [5, 5.41) is 0. The van der Waals surface area contributed by atoms with Gasteiger partial charge in [0.25, 0.3) is 10.4 Å². The fraction of sp³-hybridized carbons (Fsp3) is 0. The molecule has 2 aromatic rings. The van der Waals surface area contributed by atoms with Crippen LogP contribution < -0.4 is 39.5 Å². The van der Waals surface area contributed by atoms with Crippen LogP contribution in [-0.2, 0) is 10.4 Å². The summed E-state index contributed by atoms with van der Waals surface area (Å²) in [7, 11) is -4.83. The van der Waals surface area contributed by atoms with Crippen molar-refractivity contribution in [2.45, 2.75) is 0 Å². The molecule has 2 N–H and O–H groups in total. The standard InChI is InChI=1S/C12H11NO4S.Na/c13-11-7-6-10(9-4-2-1-3-5-9)8-12(11)17-18(14,15)16;/h1-8H,13H2,(H,14,15,16);/q;+1/p-1. The summed E-state index contributed by atoms with van der Waals surface area (Å²) >= 11 is 0. The Bertz CT molecular complexity index is 659. The molecule has 2 rings (SSSR count). The molecular formula is C12H10NNaO4S. The minimum absolute atomic E-state index is 0. The predicted octanol–water partition coefficient (Wildman–Crippen LogP) is -1.22. The van der Waals surface area contributed by atoms with Crippen molar-refractivity contribution in [1.82, 2.24) is 0 Å². The normalized spacial score (nSPS) is 10.6. The van der Waals surface area contributed by atoms with Crippen LogP contribution in [0, 0.1) is 0 Å². The van der Waals surface area contributed by atoms with Gasteiger partial charge in [-0.2, -0.15) is 0 Å². The Morgan fingerprint density at radius 2 is 1.63 bits per heavy atom. The second-order valence-corrected chi connectivity index (χ2v) is 4.59. The molecule has 0 fully saturated rings. The maximum absolute atomic E-state index is 10.6. The molecule has 94 valence electrons. The van der Waals surface area contributed by atoms with Gasteiger partial charge in [0, 0.05) is 0 Å². The molecule has 0 aliphatic rings. The van der Waals surface area contributed by atoms with Crippen LogP contribution in [0.25, 0.3) is 11.1 Å². The molecule has 0 atom stereocenters. The van der Waals surface area contributed by atoms with E-state index in [1.54, 1.807) is 6.07 Å². The summed E-state index contributed by atoms with van der Waals surface area (Å²) in [6.07, 6.45) is 0. The van der Waals surface area contributed by atoms with E-state index in [4.69, 9.17) is 5.73 Å². The number of nitrogens with two attached hydrogens (primary N) is 1. The summed E-state index contributed by atoms with van der Waals surface area (Å²) in [5.74, 6) is -0.161. The maximum atomic E-state index is 10.6. The fourth-order valence-corrected chi connectivity index (χ4v) is 1.89. The Morgan fingerprint density at radius 1 is 1.00 bits per heavy atom. The van der Waals surface area contributed by atoms with Gasteiger partial charge in [-0.25, -0.2) is 8.42 Å². The van der Waals surface area contributed by atoms with Gasteiger partial charge in [-0.15, -0.1) is 0 Å². The average molecular weight is 287 g/mol. The van der Waals surface area contributed by atoms with E-state index in [9.17, 15) is 13.0 Å². The van der Waals surface area contributed by atoms with E-state index in [1.807, 2.05) is 30.3 Å². The van der Waals surface area contributed by atoms with Crippen LogP contribution in [0.3, 0.4) is 0 Å². The molecule has 0 amide bonds. The molecule has 0 aliphatic carbocycles. The Labute approximate surface area is 133 Å². The second-order valence-electron chi connectivity index (χ2n) is 3.61. The van der Waals surface area contributed by atoms with E-state index < -0.39 is 10.4 Å². The molecule has 0 heterocycles. The third-order valence-corrected chi connectivity index (χ3v) is 2.70. The molecule has 2 aromatic carbocycles. The van der Waals surface area contributed by atoms with Crippen molar-refractivity contribution in [3.8, 4) is 16.9 Å². The van der Waals surface area contributed by atoms with Gasteiger partial charge in [-0.3, -0.25) is 0 Å². The molecule has 0 bridgehead atoms. The fourth-order valence-electron chi connectivity index (χ4n) is 1.53. The topological polar surface area (TPSA) is 92.5 Å². The molecule has 5 nitrogen and oxygen atoms in total. The Balaban J connectivity index is 0.00000180. The van der Waals surface area contributed by atoms with Gasteiger partial charge < -0.3 is 14.5 Å². The van der Waals surface area contributed by atoms with E-state index in [1.165, 1.54) is 12.1 Å². The SMILES string of the molecule is Nc1ccc(-c2ccccc2)cc1OS(=O)(=O)[O-].[Na+]. The van der Waals surface area contributed by atoms with E-state index in [0.717, 1.165) is 5.56 Å². The number of rotatable bonds is 3. The van der Waals surface area contributed by atoms with Gasteiger partial charge in [0.2, 0.25) is 0 Å². The quantitative estimate of drug-likeness (QED) is 0.330. The van der Waals surface area contributed by atoms with Crippen LogP contribution in [0.4, 0.5) is 5.69 Å². The first-order chi connectivity index (χ1) is 8.46. The van der Waals surface area contributed by atoms with Crippen molar-refractivity contribution >= 4 is 16.1 Å². The minimum atomic E-state index is -4.83. The molecule has 0 radical (unpaired) electrons. The monoisotopic (exact) mass is 287 g/mol. The summed E-state index contributed by atoms with van der Waals surface area (Å²) in [4.78, 5) is 0. The van der Waals surface area contributed by atoms with Crippen molar-refractivity contribution in [3.63, 3.8) is 0 Å². The van der Waals surface area contributed by atoms with Gasteiger partial charge in [0.15, 0.2) is 5.75 Å². The third kappa shape index (κ3) is 4.52. The zero-order valence-electron chi connectivity index (χ0n) is 10.2. The zero-order chi connectivity index (χ0) is 13.2. The Kier molecular flexibility index (Phi) is 5.39. The molecule has 0 unspecified atom stereocenters. The maximum Gasteiger partial charge on any atom is 1.00 e. The molecule has 0 saturated carbocycles. The van der Waals surface area contributed by atoms with E-state index in [2.05, 4.69) is 4.18 Å². The van der Waals surface area contributed by atoms with E-state index in [-0.39, 0.29) is 41.0 Å². The zero-order valence-corrected chi connectivity index (χ0v) is 13.1. The van der Waals surface area contributed by atoms with Crippen molar-refractivity contribution in [3.05, 3.63) is 48.5 Å². The minimum Gasteiger partial charge on any atom is -0.716 e. The predicted molar refractivity (Wildman–Crippen MR) is 66.6 cm³/mol. The van der Waals surface area contributed by atoms with E-state index in [0.29, 0.717) is 5.56 Å². The van der Waals surface area contributed by atoms with Gasteiger partial charge in [-0.1, -0.05) is 36.4 Å². The van der Waals surface area contributed by atoms with Crippen molar-refractivity contribution in [2.24, 2.45) is 0 Å². The van der Waals surface area contributed by atoms with Crippen LogP contribution in [0.15, 0.2) is 48.5 Å². The van der Waals surface area contributed by atoms with Gasteiger partial charge >= 0.3 is 29.6 Å². The molecule has 0 spiro atoms. The summed E-state index contributed by atoms with van der Waals surface area (Å²) in [6, 6.07) is 13.9. The van der Waals surface area contributed by atoms with Crippen LogP contribution in [0.1, 0.15) is 0 Å². The summed E-state index contributed by atoms with van der Waals surface area (Å²) in [5.41, 5.74) is 7.22. The molecule has 19 heavy (non-hydrogen) atoms. The number of hydrogen-bond donors (Lipinski definition) is 1. The largest absolute Gasteiger partial charge is 1.00 e. The number of anilines is 1. The van der Waals surface area contributed by atoms with Crippen LogP contribution in [0.2, 0.25) is 0 Å². The van der Waals surface area contributed by atoms with Crippen molar-refractivity contribution in [1.29, 1.82) is 0 Å². The Morgan fingerprint density at radius 3 is 2.21 bits per heavy atom. The molecular weight excluding hydrogens is 277 g/mol. The summed E-state index contributed by atoms with van der Waals surface area (Å²) < 4.78 is 36.0. The first kappa shape index (κ1) is 16.0. The average Bonchev–Trinajstić information content (AvgIpc) is 2.31. The second kappa shape index (κ2) is 6.40. The first-order valence-corrected chi connectivity index (χ1v) is 6.39. The molecule has 0 aliphatic heterocycles. The first-order valence-electron chi connectivity index (χ1n) is 5.06. The molecule has 7 heteroatoms. The summed E-state index contributed by atoms with van der Waals surface area (Å²) in [6.45, 7) is 0. The molecule has 0 saturated heterocycles. The smallest absolute Gasteiger partial charge is 0.716 e. The molecule has 0 aromatic heterocycles. The number of nitrogen functional groups attached to an aromatic ring is 1. The van der Waals surface area contributed by atoms with Crippen molar-refractivity contribution < 1.29 is 46.7 Å². The number of hydrogen-bond acceptors (Lipinski definition) is 5. The van der Waals surface area contributed by atoms with Gasteiger partial charge in [0.1, 0.15) is 0 Å². The van der Waals surface area contributed by atoms with E-state index >= 15 is 0 Å². The van der Waals surface area contributed by atoms with Crippen LogP contribution in [-0.4, -0.2) is 13.0 Å². The van der Waals surface area contributed by atoms with Gasteiger partial charge in [-0.05, 0) is 23.3 Å². The third-order valence-electron chi connectivity index (χ3n) is 2.31. The number of benzene rings is 2. The Hall–Kier alpha value is -1.05.